The van der Waals surface area contributed by atoms with Crippen molar-refractivity contribution in [2.75, 3.05) is 31.5 Å². The summed E-state index contributed by atoms with van der Waals surface area (Å²) >= 11 is 0. The molecule has 1 aliphatic carbocycles. The van der Waals surface area contributed by atoms with E-state index in [1.807, 2.05) is 36.5 Å². The quantitative estimate of drug-likeness (QED) is 0.666. The second kappa shape index (κ2) is 9.37. The van der Waals surface area contributed by atoms with Gasteiger partial charge in [0.05, 0.1) is 0 Å². The molecule has 0 radical (unpaired) electrons. The van der Waals surface area contributed by atoms with E-state index in [1.165, 1.54) is 12.0 Å². The second-order valence-electron chi connectivity index (χ2n) is 10.3. The second-order valence-corrected chi connectivity index (χ2v) is 10.3. The topological polar surface area (TPSA) is 83.6 Å². The molecule has 1 aromatic heterocycles. The molecule has 3 heterocycles. The number of pyridine rings is 1. The highest BCUT2D eigenvalue weighted by Crippen LogP contribution is 2.42. The van der Waals surface area contributed by atoms with Crippen LogP contribution in [0.25, 0.3) is 0 Å². The van der Waals surface area contributed by atoms with Gasteiger partial charge in [-0.05, 0) is 55.3 Å². The number of urea groups is 1. The van der Waals surface area contributed by atoms with E-state index in [-0.39, 0.29) is 17.2 Å². The first-order chi connectivity index (χ1) is 16.5. The van der Waals surface area contributed by atoms with Gasteiger partial charge in [0, 0.05) is 55.5 Å². The molecule has 7 heteroatoms. The van der Waals surface area contributed by atoms with Crippen LogP contribution in [0.2, 0.25) is 0 Å². The number of anilines is 1. The number of nitrogens with zero attached hydrogens (tertiary/aromatic N) is 2. The maximum atomic E-state index is 13.7. The Bertz CT molecular complexity index is 1010. The van der Waals surface area contributed by atoms with Crippen LogP contribution in [0.3, 0.4) is 0 Å². The number of ketones is 1. The number of carbonyl (C=O) groups excluding carboxylic acids is 2. The van der Waals surface area contributed by atoms with Crippen LogP contribution in [0.5, 0.6) is 5.75 Å². The summed E-state index contributed by atoms with van der Waals surface area (Å²) in [6.45, 7) is 4.83. The van der Waals surface area contributed by atoms with Gasteiger partial charge >= 0.3 is 6.03 Å². The highest BCUT2D eigenvalue weighted by molar-refractivity contribution is 5.93. The van der Waals surface area contributed by atoms with E-state index >= 15 is 0 Å². The van der Waals surface area contributed by atoms with Gasteiger partial charge in [-0.3, -0.25) is 9.78 Å². The lowest BCUT2D eigenvalue weighted by molar-refractivity contribution is -0.144. The number of Topliss-reactive ketones (excluding diaryl/α,β-unsaturated/α-hetero) is 1. The maximum absolute atomic E-state index is 13.7. The van der Waals surface area contributed by atoms with Gasteiger partial charge in [-0.15, -0.1) is 0 Å². The van der Waals surface area contributed by atoms with Gasteiger partial charge in [0.1, 0.15) is 5.75 Å². The third-order valence-electron chi connectivity index (χ3n) is 7.78. The predicted molar refractivity (Wildman–Crippen MR) is 131 cm³/mol. The van der Waals surface area contributed by atoms with Crippen LogP contribution in [-0.4, -0.2) is 53.5 Å². The number of aromatic nitrogens is 1. The Balaban J connectivity index is 1.19. The predicted octanol–water partition coefficient (Wildman–Crippen LogP) is 4.36. The van der Waals surface area contributed by atoms with E-state index in [9.17, 15) is 9.59 Å². The van der Waals surface area contributed by atoms with Gasteiger partial charge in [0.25, 0.3) is 0 Å². The van der Waals surface area contributed by atoms with Gasteiger partial charge in [0.15, 0.2) is 11.4 Å². The van der Waals surface area contributed by atoms with Gasteiger partial charge in [-0.2, -0.15) is 0 Å². The van der Waals surface area contributed by atoms with Crippen molar-refractivity contribution in [3.05, 3.63) is 54.4 Å². The lowest BCUT2D eigenvalue weighted by atomic mass is 9.68. The van der Waals surface area contributed by atoms with E-state index < -0.39 is 5.60 Å². The fraction of sp³-hybridized carbons (Fsp3) is 0.519. The first-order valence-electron chi connectivity index (χ1n) is 12.5. The Labute approximate surface area is 201 Å². The van der Waals surface area contributed by atoms with Gasteiger partial charge in [0.2, 0.25) is 0 Å². The van der Waals surface area contributed by atoms with Crippen LogP contribution in [0.1, 0.15) is 56.9 Å². The molecule has 0 bridgehead atoms. The van der Waals surface area contributed by atoms with Crippen LogP contribution in [-0.2, 0) is 4.79 Å². The summed E-state index contributed by atoms with van der Waals surface area (Å²) < 4.78 is 6.40. The van der Waals surface area contributed by atoms with E-state index in [0.717, 1.165) is 32.2 Å². The Morgan fingerprint density at radius 2 is 1.85 bits per heavy atom. The molecule has 34 heavy (non-hydrogen) atoms. The lowest BCUT2D eigenvalue weighted by Crippen LogP contribution is -2.53. The maximum Gasteiger partial charge on any atom is 0.321 e. The summed E-state index contributed by atoms with van der Waals surface area (Å²) in [6.07, 6.45) is 9.64. The van der Waals surface area contributed by atoms with Crippen LogP contribution < -0.4 is 15.4 Å². The first-order valence-corrected chi connectivity index (χ1v) is 12.5. The van der Waals surface area contributed by atoms with Crippen molar-refractivity contribution in [2.45, 2.75) is 57.0 Å². The van der Waals surface area contributed by atoms with Crippen molar-refractivity contribution in [3.8, 4) is 5.75 Å². The molecule has 0 spiro atoms. The van der Waals surface area contributed by atoms with Crippen molar-refractivity contribution >= 4 is 17.5 Å². The third-order valence-corrected chi connectivity index (χ3v) is 7.78. The number of likely N-dealkylation sites (tertiary alicyclic amines) is 1. The number of amides is 2. The fourth-order valence-electron chi connectivity index (χ4n) is 5.61. The summed E-state index contributed by atoms with van der Waals surface area (Å²) in [5.74, 6) is 1.24. The van der Waals surface area contributed by atoms with Crippen LogP contribution in [0.4, 0.5) is 10.5 Å². The standard InChI is InChI=1S/C27H34N4O3/c1-26(11-3-2-4-12-26)24(32)27(13-15-29-19-27)34-23-9-7-22(8-10-23)30-25(33)31-17-21(18-31)20-6-5-14-28-16-20/h5-10,14,16,21,29H,2-4,11-13,15,17-19H2,1H3,(H,30,33)/t27-/m1/s1. The Kier molecular flexibility index (Phi) is 6.30. The molecule has 2 amide bonds. The van der Waals surface area contributed by atoms with E-state index in [2.05, 4.69) is 28.6 Å². The Morgan fingerprint density at radius 1 is 1.09 bits per heavy atom. The van der Waals surface area contributed by atoms with E-state index in [1.54, 1.807) is 11.1 Å². The number of benzene rings is 1. The third kappa shape index (κ3) is 4.53. The summed E-state index contributed by atoms with van der Waals surface area (Å²) in [5.41, 5.74) is 0.769. The summed E-state index contributed by atoms with van der Waals surface area (Å²) in [4.78, 5) is 32.2. The molecule has 7 nitrogen and oxygen atoms in total. The zero-order valence-electron chi connectivity index (χ0n) is 19.9. The average Bonchev–Trinajstić information content (AvgIpc) is 3.29. The molecular weight excluding hydrogens is 428 g/mol. The van der Waals surface area contributed by atoms with Gasteiger partial charge < -0.3 is 20.3 Å². The molecule has 3 aliphatic rings. The summed E-state index contributed by atoms with van der Waals surface area (Å²) in [5, 5.41) is 6.30. The smallest absolute Gasteiger partial charge is 0.321 e. The lowest BCUT2D eigenvalue weighted by Gasteiger charge is -2.40. The number of rotatable bonds is 6. The highest BCUT2D eigenvalue weighted by Gasteiger charge is 2.51. The molecule has 2 aliphatic heterocycles. The van der Waals surface area contributed by atoms with Crippen molar-refractivity contribution < 1.29 is 14.3 Å². The molecule has 0 unspecified atom stereocenters. The van der Waals surface area contributed by atoms with Gasteiger partial charge in [-0.1, -0.05) is 32.3 Å². The average molecular weight is 463 g/mol. The van der Waals surface area contributed by atoms with Crippen LogP contribution in [0.15, 0.2) is 48.8 Å². The molecule has 1 atom stereocenters. The van der Waals surface area contributed by atoms with Crippen molar-refractivity contribution in [3.63, 3.8) is 0 Å². The van der Waals surface area contributed by atoms with Crippen molar-refractivity contribution in [2.24, 2.45) is 5.41 Å². The number of hydrogen-bond acceptors (Lipinski definition) is 5. The van der Waals surface area contributed by atoms with E-state index in [4.69, 9.17) is 4.74 Å². The number of hydrogen-bond donors (Lipinski definition) is 2. The minimum atomic E-state index is -0.810. The molecule has 180 valence electrons. The first kappa shape index (κ1) is 22.8. The molecular formula is C27H34N4O3. The molecule has 1 aromatic carbocycles. The molecule has 3 fully saturated rings. The number of ether oxygens (including phenoxy) is 1. The van der Waals surface area contributed by atoms with Crippen LogP contribution >= 0.6 is 0 Å². The SMILES string of the molecule is CC1(C(=O)[C@@]2(Oc3ccc(NC(=O)N4CC(c5cccnc5)C4)cc3)CCNC2)CCCCC1. The Morgan fingerprint density at radius 3 is 2.50 bits per heavy atom. The normalized spacial score (nSPS) is 24.3. The number of carbonyl (C=O) groups is 2. The minimum Gasteiger partial charge on any atom is -0.478 e. The summed E-state index contributed by atoms with van der Waals surface area (Å²) in [6, 6.07) is 11.3. The van der Waals surface area contributed by atoms with Crippen molar-refractivity contribution in [1.82, 2.24) is 15.2 Å². The monoisotopic (exact) mass is 462 g/mol. The molecule has 5 rings (SSSR count). The van der Waals surface area contributed by atoms with E-state index in [0.29, 0.717) is 43.4 Å². The zero-order chi connectivity index (χ0) is 23.6. The molecule has 2 aromatic rings. The van der Waals surface area contributed by atoms with Crippen molar-refractivity contribution in [1.29, 1.82) is 0 Å². The molecule has 2 N–H and O–H groups in total. The minimum absolute atomic E-state index is 0.106. The molecule has 1 saturated carbocycles. The summed E-state index contributed by atoms with van der Waals surface area (Å²) in [7, 11) is 0. The fourth-order valence-corrected chi connectivity index (χ4v) is 5.61. The zero-order valence-corrected chi connectivity index (χ0v) is 19.9. The number of nitrogens with one attached hydrogen (secondary N) is 2. The highest BCUT2D eigenvalue weighted by atomic mass is 16.5. The largest absolute Gasteiger partial charge is 0.478 e. The molecule has 2 saturated heterocycles. The van der Waals surface area contributed by atoms with Crippen LogP contribution in [0, 0.1) is 5.41 Å². The Hall–Kier alpha value is -2.93. The van der Waals surface area contributed by atoms with Gasteiger partial charge in [-0.25, -0.2) is 4.79 Å².